The van der Waals surface area contributed by atoms with Gasteiger partial charge in [-0.1, -0.05) is 63.4 Å². The average Bonchev–Trinajstić information content (AvgIpc) is 2.81. The quantitative estimate of drug-likeness (QED) is 0.266. The summed E-state index contributed by atoms with van der Waals surface area (Å²) in [5, 5.41) is -0.123. The van der Waals surface area contributed by atoms with E-state index in [2.05, 4.69) is 21.6 Å². The van der Waals surface area contributed by atoms with Gasteiger partial charge in [-0.2, -0.15) is 21.6 Å². The zero-order chi connectivity index (χ0) is 25.6. The van der Waals surface area contributed by atoms with Crippen molar-refractivity contribution in [2.24, 2.45) is 0 Å². The van der Waals surface area contributed by atoms with Crippen molar-refractivity contribution in [2.75, 3.05) is 4.72 Å². The summed E-state index contributed by atoms with van der Waals surface area (Å²) in [5.41, 5.74) is 0.208. The van der Waals surface area contributed by atoms with Crippen molar-refractivity contribution in [3.05, 3.63) is 71.4 Å². The van der Waals surface area contributed by atoms with E-state index in [0.29, 0.717) is 11.1 Å². The number of halogens is 4. The van der Waals surface area contributed by atoms with E-state index in [4.69, 9.17) is 0 Å². The molecule has 0 saturated carbocycles. The molecule has 0 radical (unpaired) electrons. The first-order valence-electron chi connectivity index (χ1n) is 11.7. The number of aromatic nitrogens is 2. The largest absolute Gasteiger partial charge is 0.418 e. The van der Waals surface area contributed by atoms with Crippen LogP contribution >= 0.6 is 12.4 Å². The minimum absolute atomic E-state index is 0. The van der Waals surface area contributed by atoms with Crippen LogP contribution in [0.2, 0.25) is 0 Å². The van der Waals surface area contributed by atoms with E-state index in [1.165, 1.54) is 12.3 Å². The molecule has 5 nitrogen and oxygen atoms in total. The number of nitrogens with zero attached hydrogens (tertiary/aromatic N) is 2. The van der Waals surface area contributed by atoms with Gasteiger partial charge in [0.15, 0.2) is 5.03 Å². The average molecular weight is 542 g/mol. The third kappa shape index (κ3) is 6.97. The van der Waals surface area contributed by atoms with Gasteiger partial charge in [-0.25, -0.2) is 9.97 Å². The van der Waals surface area contributed by atoms with E-state index in [0.717, 1.165) is 44.2 Å². The third-order valence-electron chi connectivity index (χ3n) is 5.98. The minimum atomic E-state index is -4.65. The van der Waals surface area contributed by atoms with Crippen molar-refractivity contribution in [1.29, 1.82) is 0 Å². The highest BCUT2D eigenvalue weighted by molar-refractivity contribution is 7.92. The molecule has 1 N–H and O–H groups in total. The van der Waals surface area contributed by atoms with Gasteiger partial charge in [0.05, 0.1) is 11.3 Å². The molecule has 2 aromatic heterocycles. The summed E-state index contributed by atoms with van der Waals surface area (Å²) in [7, 11) is -4.19. The maximum absolute atomic E-state index is 13.7. The molecule has 36 heavy (non-hydrogen) atoms. The number of unbranched alkanes of at least 4 members (excludes halogenated alkanes) is 2. The van der Waals surface area contributed by atoms with E-state index >= 15 is 0 Å². The molecule has 2 heterocycles. The Kier molecular flexibility index (Phi) is 10.3. The molecule has 0 amide bonds. The smallest absolute Gasteiger partial charge is 0.262 e. The number of hydrogen-bond acceptors (Lipinski definition) is 4. The van der Waals surface area contributed by atoms with Crippen molar-refractivity contribution in [1.82, 2.24) is 9.97 Å². The number of sulfonamides is 1. The van der Waals surface area contributed by atoms with E-state index in [9.17, 15) is 21.6 Å². The van der Waals surface area contributed by atoms with Crippen LogP contribution in [0.15, 0.2) is 59.8 Å². The van der Waals surface area contributed by atoms with Crippen LogP contribution in [0, 0.1) is 6.92 Å². The van der Waals surface area contributed by atoms with Crippen LogP contribution in [0.1, 0.15) is 68.6 Å². The fourth-order valence-corrected chi connectivity index (χ4v) is 5.36. The second kappa shape index (κ2) is 12.5. The SMILES string of the molecule is CCCCCC(CC)c1cccnc1S(=O)(=O)Nc1ccc(C(F)(F)F)c(-c2ccccc2C)n1.Cl. The van der Waals surface area contributed by atoms with Gasteiger partial charge < -0.3 is 0 Å². The number of aryl methyl sites for hydroxylation is 1. The molecule has 196 valence electrons. The number of hydrogen-bond donors (Lipinski definition) is 1. The highest BCUT2D eigenvalue weighted by atomic mass is 35.5. The molecular formula is C26H31ClF3N3O2S. The van der Waals surface area contributed by atoms with Gasteiger partial charge in [0.2, 0.25) is 0 Å². The van der Waals surface area contributed by atoms with Gasteiger partial charge in [-0.3, -0.25) is 4.72 Å². The Bertz CT molecular complexity index is 1270. The predicted molar refractivity (Wildman–Crippen MR) is 139 cm³/mol. The lowest BCUT2D eigenvalue weighted by molar-refractivity contribution is -0.137. The van der Waals surface area contributed by atoms with E-state index in [-0.39, 0.29) is 40.4 Å². The van der Waals surface area contributed by atoms with Crippen LogP contribution in [0.3, 0.4) is 0 Å². The molecule has 0 spiro atoms. The number of alkyl halides is 3. The van der Waals surface area contributed by atoms with Gasteiger partial charge in [-0.15, -0.1) is 12.4 Å². The second-order valence-corrected chi connectivity index (χ2v) is 10.1. The van der Waals surface area contributed by atoms with Crippen molar-refractivity contribution in [3.63, 3.8) is 0 Å². The standard InChI is InChI=1S/C26H30F3N3O2S.ClH/c1-4-6-7-12-19(5-2)21-14-10-17-30-25(21)35(33,34)32-23-16-15-22(26(27,28)29)24(31-23)20-13-9-8-11-18(20)3;/h8-11,13-17,19H,4-7,12H2,1-3H3,(H,31,32);1H. The molecule has 0 saturated heterocycles. The molecule has 0 aliphatic rings. The lowest BCUT2D eigenvalue weighted by atomic mass is 9.92. The Balaban J connectivity index is 0.00000456. The highest BCUT2D eigenvalue weighted by Gasteiger charge is 2.35. The van der Waals surface area contributed by atoms with Crippen LogP contribution in [-0.2, 0) is 16.2 Å². The monoisotopic (exact) mass is 541 g/mol. The Morgan fingerprint density at radius 2 is 1.72 bits per heavy atom. The summed E-state index contributed by atoms with van der Waals surface area (Å²) in [6.07, 6.45) is 1.39. The summed E-state index contributed by atoms with van der Waals surface area (Å²) in [6.45, 7) is 5.78. The third-order valence-corrected chi connectivity index (χ3v) is 7.31. The minimum Gasteiger partial charge on any atom is -0.262 e. The lowest BCUT2D eigenvalue weighted by Crippen LogP contribution is -2.19. The van der Waals surface area contributed by atoms with Crippen LogP contribution in [0.25, 0.3) is 11.3 Å². The first-order chi connectivity index (χ1) is 16.6. The Morgan fingerprint density at radius 3 is 2.36 bits per heavy atom. The molecule has 1 atom stereocenters. The molecule has 0 aliphatic carbocycles. The van der Waals surface area contributed by atoms with Crippen LogP contribution in [0.4, 0.5) is 19.0 Å². The summed E-state index contributed by atoms with van der Waals surface area (Å²) < 4.78 is 70.2. The second-order valence-electron chi connectivity index (χ2n) is 8.51. The van der Waals surface area contributed by atoms with E-state index in [1.807, 2.05) is 6.92 Å². The van der Waals surface area contributed by atoms with Gasteiger partial charge >= 0.3 is 6.18 Å². The molecular weight excluding hydrogens is 511 g/mol. The number of rotatable bonds is 10. The van der Waals surface area contributed by atoms with Crippen molar-refractivity contribution >= 4 is 28.2 Å². The number of anilines is 1. The van der Waals surface area contributed by atoms with E-state index < -0.39 is 21.8 Å². The van der Waals surface area contributed by atoms with Crippen molar-refractivity contribution in [3.8, 4) is 11.3 Å². The summed E-state index contributed by atoms with van der Waals surface area (Å²) in [4.78, 5) is 8.24. The maximum Gasteiger partial charge on any atom is 0.418 e. The molecule has 1 unspecified atom stereocenters. The van der Waals surface area contributed by atoms with Crippen LogP contribution < -0.4 is 4.72 Å². The normalized spacial score (nSPS) is 12.6. The summed E-state index contributed by atoms with van der Waals surface area (Å²) >= 11 is 0. The topological polar surface area (TPSA) is 72.0 Å². The van der Waals surface area contributed by atoms with Gasteiger partial charge in [0, 0.05) is 11.8 Å². The molecule has 0 bridgehead atoms. The Labute approximate surface area is 217 Å². The number of nitrogens with one attached hydrogen (secondary N) is 1. The molecule has 3 aromatic rings. The molecule has 3 rings (SSSR count). The lowest BCUT2D eigenvalue weighted by Gasteiger charge is -2.19. The number of benzene rings is 1. The first-order valence-corrected chi connectivity index (χ1v) is 13.2. The predicted octanol–water partition coefficient (Wildman–Crippen LogP) is 7.77. The molecule has 10 heteroatoms. The van der Waals surface area contributed by atoms with Gasteiger partial charge in [-0.05, 0) is 55.0 Å². The summed E-state index contributed by atoms with van der Waals surface area (Å²) in [5.74, 6) is -0.197. The van der Waals surface area contributed by atoms with E-state index in [1.54, 1.807) is 37.3 Å². The zero-order valence-corrected chi connectivity index (χ0v) is 22.1. The fourth-order valence-electron chi connectivity index (χ4n) is 4.13. The Hall–Kier alpha value is -2.65. The highest BCUT2D eigenvalue weighted by Crippen LogP contribution is 2.38. The zero-order valence-electron chi connectivity index (χ0n) is 20.5. The maximum atomic E-state index is 13.7. The Morgan fingerprint density at radius 1 is 1.00 bits per heavy atom. The van der Waals surface area contributed by atoms with Crippen LogP contribution in [-0.4, -0.2) is 18.4 Å². The molecule has 1 aromatic carbocycles. The molecule has 0 fully saturated rings. The molecule has 0 aliphatic heterocycles. The first kappa shape index (κ1) is 29.6. The van der Waals surface area contributed by atoms with Crippen molar-refractivity contribution < 1.29 is 21.6 Å². The van der Waals surface area contributed by atoms with Gasteiger partial charge in [0.1, 0.15) is 5.82 Å². The summed E-state index contributed by atoms with van der Waals surface area (Å²) in [6, 6.07) is 11.9. The van der Waals surface area contributed by atoms with Crippen molar-refractivity contribution in [2.45, 2.75) is 70.0 Å². The fraction of sp³-hybridized carbons (Fsp3) is 0.385. The van der Waals surface area contributed by atoms with Gasteiger partial charge in [0.25, 0.3) is 10.0 Å². The number of pyridine rings is 2. The van der Waals surface area contributed by atoms with Crippen LogP contribution in [0.5, 0.6) is 0 Å².